The maximum atomic E-state index is 13.3. The van der Waals surface area contributed by atoms with Gasteiger partial charge >= 0.3 is 0 Å². The predicted octanol–water partition coefficient (Wildman–Crippen LogP) is 3.44. The molecule has 0 fully saturated rings. The van der Waals surface area contributed by atoms with Gasteiger partial charge in [-0.3, -0.25) is 4.79 Å². The molecule has 1 heterocycles. The van der Waals surface area contributed by atoms with Crippen LogP contribution in [0.4, 0.5) is 8.78 Å². The molecule has 3 rings (SSSR count). The van der Waals surface area contributed by atoms with Gasteiger partial charge in [0.15, 0.2) is 22.8 Å². The van der Waals surface area contributed by atoms with Crippen LogP contribution < -0.4 is 5.43 Å². The van der Waals surface area contributed by atoms with Crippen LogP contribution >= 0.6 is 0 Å². The second-order valence-electron chi connectivity index (χ2n) is 4.26. The molecule has 100 valence electrons. The third-order valence-electron chi connectivity index (χ3n) is 2.94. The minimum Gasteiger partial charge on any atom is -0.503 e. The van der Waals surface area contributed by atoms with Crippen LogP contribution in [0.1, 0.15) is 0 Å². The summed E-state index contributed by atoms with van der Waals surface area (Å²) in [6.07, 6.45) is 0. The molecule has 1 N–H and O–H groups in total. The van der Waals surface area contributed by atoms with Crippen molar-refractivity contribution in [2.45, 2.75) is 0 Å². The summed E-state index contributed by atoms with van der Waals surface area (Å²) in [5.74, 6) is -3.25. The first kappa shape index (κ1) is 12.3. The first-order valence-corrected chi connectivity index (χ1v) is 5.77. The fraction of sp³-hybridized carbons (Fsp3) is 0. The van der Waals surface area contributed by atoms with Crippen LogP contribution in [0.25, 0.3) is 22.3 Å². The van der Waals surface area contributed by atoms with Crippen molar-refractivity contribution in [3.63, 3.8) is 0 Å². The molecule has 0 amide bonds. The van der Waals surface area contributed by atoms with E-state index in [1.165, 1.54) is 0 Å². The van der Waals surface area contributed by atoms with Crippen molar-refractivity contribution in [1.82, 2.24) is 0 Å². The van der Waals surface area contributed by atoms with E-state index in [1.54, 1.807) is 24.3 Å². The lowest BCUT2D eigenvalue weighted by Crippen LogP contribution is -2.00. The number of benzene rings is 2. The molecule has 0 radical (unpaired) electrons. The van der Waals surface area contributed by atoms with E-state index in [0.717, 1.165) is 18.2 Å². The Morgan fingerprint density at radius 3 is 2.35 bits per heavy atom. The zero-order valence-corrected chi connectivity index (χ0v) is 10.1. The van der Waals surface area contributed by atoms with Crippen molar-refractivity contribution in [2.75, 3.05) is 0 Å². The van der Waals surface area contributed by atoms with Crippen LogP contribution in [0.2, 0.25) is 0 Å². The molecule has 3 nitrogen and oxygen atoms in total. The van der Waals surface area contributed by atoms with Gasteiger partial charge in [-0.2, -0.15) is 0 Å². The Morgan fingerprint density at radius 1 is 1.00 bits per heavy atom. The molecule has 2 aromatic carbocycles. The van der Waals surface area contributed by atoms with Crippen molar-refractivity contribution >= 4 is 11.0 Å². The molecule has 0 unspecified atom stereocenters. The average molecular weight is 274 g/mol. The normalized spacial score (nSPS) is 10.9. The van der Waals surface area contributed by atoms with E-state index in [-0.39, 0.29) is 16.8 Å². The quantitative estimate of drug-likeness (QED) is 0.739. The van der Waals surface area contributed by atoms with Crippen LogP contribution in [0.3, 0.4) is 0 Å². The molecular weight excluding hydrogens is 266 g/mol. The van der Waals surface area contributed by atoms with Gasteiger partial charge in [0.1, 0.15) is 11.3 Å². The van der Waals surface area contributed by atoms with Gasteiger partial charge in [0, 0.05) is 11.6 Å². The Balaban J connectivity index is 2.27. The summed E-state index contributed by atoms with van der Waals surface area (Å²) in [5.41, 5.74) is 0.0558. The zero-order chi connectivity index (χ0) is 14.3. The number of para-hydroxylation sites is 1. The van der Waals surface area contributed by atoms with Gasteiger partial charge in [0.05, 0.1) is 5.39 Å². The summed E-state index contributed by atoms with van der Waals surface area (Å²) in [5, 5.41) is 9.45. The van der Waals surface area contributed by atoms with E-state index in [4.69, 9.17) is 9.52 Å². The van der Waals surface area contributed by atoms with E-state index < -0.39 is 17.4 Å². The minimum atomic E-state index is -1.11. The zero-order valence-electron chi connectivity index (χ0n) is 10.1. The summed E-state index contributed by atoms with van der Waals surface area (Å²) in [4.78, 5) is 11.9. The summed E-state index contributed by atoms with van der Waals surface area (Å²) >= 11 is 0. The van der Waals surface area contributed by atoms with E-state index in [9.17, 15) is 13.6 Å². The van der Waals surface area contributed by atoms with Gasteiger partial charge in [-0.05, 0) is 24.3 Å². The van der Waals surface area contributed by atoms with Gasteiger partial charge in [-0.25, -0.2) is 8.78 Å². The molecular formula is C15H8F2O3. The lowest BCUT2D eigenvalue weighted by molar-refractivity contribution is 0.396. The second kappa shape index (κ2) is 4.45. The number of fused-ring (bicyclic) bond motifs is 1. The highest BCUT2D eigenvalue weighted by Crippen LogP contribution is 2.28. The van der Waals surface area contributed by atoms with E-state index in [1.807, 2.05) is 0 Å². The highest BCUT2D eigenvalue weighted by atomic mass is 19.1. The van der Waals surface area contributed by atoms with Gasteiger partial charge < -0.3 is 9.52 Å². The van der Waals surface area contributed by atoms with Crippen molar-refractivity contribution in [2.24, 2.45) is 0 Å². The Bertz CT molecular complexity index is 845. The number of rotatable bonds is 1. The summed E-state index contributed by atoms with van der Waals surface area (Å²) < 4.78 is 32.1. The highest BCUT2D eigenvalue weighted by Gasteiger charge is 2.13. The topological polar surface area (TPSA) is 50.4 Å². The molecule has 0 aliphatic carbocycles. The van der Waals surface area contributed by atoms with Crippen molar-refractivity contribution in [3.8, 4) is 17.1 Å². The predicted molar refractivity (Wildman–Crippen MR) is 69.5 cm³/mol. The van der Waals surface area contributed by atoms with Gasteiger partial charge in [0.25, 0.3) is 0 Å². The Morgan fingerprint density at radius 2 is 1.65 bits per heavy atom. The lowest BCUT2D eigenvalue weighted by atomic mass is 10.1. The highest BCUT2D eigenvalue weighted by molar-refractivity contribution is 5.78. The Kier molecular flexibility index (Phi) is 2.75. The number of hydrogen-bond donors (Lipinski definition) is 1. The molecule has 1 aromatic heterocycles. The summed E-state index contributed by atoms with van der Waals surface area (Å²) in [6.45, 7) is 0. The maximum absolute atomic E-state index is 13.3. The van der Waals surface area contributed by atoms with Gasteiger partial charge in [-0.1, -0.05) is 12.1 Å². The fourth-order valence-electron chi connectivity index (χ4n) is 1.95. The van der Waals surface area contributed by atoms with E-state index in [2.05, 4.69) is 0 Å². The molecule has 0 spiro atoms. The van der Waals surface area contributed by atoms with Crippen LogP contribution in [0.5, 0.6) is 5.75 Å². The molecule has 0 aliphatic rings. The van der Waals surface area contributed by atoms with Crippen molar-refractivity contribution in [1.29, 1.82) is 0 Å². The number of aromatic hydroxyl groups is 1. The van der Waals surface area contributed by atoms with Crippen LogP contribution in [0, 0.1) is 11.6 Å². The maximum Gasteiger partial charge on any atom is 0.193 e. The van der Waals surface area contributed by atoms with Crippen LogP contribution in [-0.4, -0.2) is 5.11 Å². The SMILES string of the molecule is O=c1cc(-c2cc(F)c(O)c(F)c2)oc2ccccc12. The van der Waals surface area contributed by atoms with Crippen molar-refractivity contribution in [3.05, 3.63) is 64.3 Å². The number of halogens is 2. The third kappa shape index (κ3) is 1.93. The second-order valence-corrected chi connectivity index (χ2v) is 4.26. The average Bonchev–Trinajstić information content (AvgIpc) is 2.44. The largest absolute Gasteiger partial charge is 0.503 e. The van der Waals surface area contributed by atoms with Crippen LogP contribution in [-0.2, 0) is 0 Å². The van der Waals surface area contributed by atoms with Gasteiger partial charge in [0.2, 0.25) is 0 Å². The number of phenols is 1. The smallest absolute Gasteiger partial charge is 0.193 e. The van der Waals surface area contributed by atoms with Crippen molar-refractivity contribution < 1.29 is 18.3 Å². The number of hydrogen-bond acceptors (Lipinski definition) is 3. The molecule has 5 heteroatoms. The minimum absolute atomic E-state index is 0.0338. The number of phenolic OH excluding ortho intramolecular Hbond substituents is 1. The molecule has 0 aliphatic heterocycles. The molecule has 3 aromatic rings. The summed E-state index contributed by atoms with van der Waals surface area (Å²) in [7, 11) is 0. The molecule has 0 saturated carbocycles. The summed E-state index contributed by atoms with van der Waals surface area (Å²) in [6, 6.07) is 9.55. The van der Waals surface area contributed by atoms with Crippen LogP contribution in [0.15, 0.2) is 51.7 Å². The Labute approximate surface area is 111 Å². The standard InChI is InChI=1S/C15H8F2O3/c16-10-5-8(6-11(17)15(10)19)14-7-12(18)9-3-1-2-4-13(9)20-14/h1-7,19H. The fourth-order valence-corrected chi connectivity index (χ4v) is 1.95. The molecule has 20 heavy (non-hydrogen) atoms. The van der Waals surface area contributed by atoms with E-state index in [0.29, 0.717) is 11.0 Å². The lowest BCUT2D eigenvalue weighted by Gasteiger charge is -2.05. The molecule has 0 atom stereocenters. The molecule has 0 bridgehead atoms. The first-order valence-electron chi connectivity index (χ1n) is 5.77. The molecule has 0 saturated heterocycles. The van der Waals surface area contributed by atoms with Gasteiger partial charge in [-0.15, -0.1) is 0 Å². The first-order chi connectivity index (χ1) is 9.56. The third-order valence-corrected chi connectivity index (χ3v) is 2.94. The van der Waals surface area contributed by atoms with E-state index >= 15 is 0 Å². The monoisotopic (exact) mass is 274 g/mol. The Hall–Kier alpha value is -2.69.